The topological polar surface area (TPSA) is 54.5 Å². The Hall–Kier alpha value is -1.62. The maximum absolute atomic E-state index is 11.6. The summed E-state index contributed by atoms with van der Waals surface area (Å²) >= 11 is 0. The molecule has 1 unspecified atom stereocenters. The molecule has 1 aromatic heterocycles. The van der Waals surface area contributed by atoms with E-state index in [1.54, 1.807) is 12.4 Å². The molecule has 0 radical (unpaired) electrons. The Balaban J connectivity index is 2.20. The lowest BCUT2D eigenvalue weighted by molar-refractivity contribution is -0.142. The molecule has 0 bridgehead atoms. The first-order valence-corrected chi connectivity index (χ1v) is 5.28. The number of anilines is 1. The molecule has 0 aromatic carbocycles. The average Bonchev–Trinajstić information content (AvgIpc) is 2.39. The Morgan fingerprint density at radius 1 is 1.69 bits per heavy atom. The maximum Gasteiger partial charge on any atom is 0.329 e. The van der Waals surface area contributed by atoms with Gasteiger partial charge in [0.2, 0.25) is 0 Å². The molecule has 5 heteroatoms. The normalized spacial score (nSPS) is 20.6. The van der Waals surface area contributed by atoms with Crippen molar-refractivity contribution < 1.29 is 9.53 Å². The summed E-state index contributed by atoms with van der Waals surface area (Å²) < 4.78 is 4.80. The molecule has 16 heavy (non-hydrogen) atoms. The number of hydrogen-bond donors (Lipinski definition) is 1. The third kappa shape index (κ3) is 2.14. The Bertz CT molecular complexity index is 356. The van der Waals surface area contributed by atoms with Crippen LogP contribution in [0.2, 0.25) is 0 Å². The molecule has 1 N–H and O–H groups in total. The van der Waals surface area contributed by atoms with E-state index < -0.39 is 0 Å². The molecule has 1 atom stereocenters. The first-order chi connectivity index (χ1) is 7.83. The molecular weight excluding hydrogens is 206 g/mol. The van der Waals surface area contributed by atoms with E-state index in [9.17, 15) is 4.79 Å². The van der Waals surface area contributed by atoms with E-state index in [0.29, 0.717) is 6.54 Å². The summed E-state index contributed by atoms with van der Waals surface area (Å²) in [5.41, 5.74) is 0.958. The number of carbonyl (C=O) groups excluding carboxylic acids is 1. The Morgan fingerprint density at radius 3 is 3.25 bits per heavy atom. The standard InChI is InChI=1S/C11H15N3O2/c1-16-11(15)10-8-13-5-6-14(10)9-3-2-4-12-7-9/h2-4,7,10,13H,5-6,8H2,1H3. The maximum atomic E-state index is 11.6. The van der Waals surface area contributed by atoms with Gasteiger partial charge in [-0.3, -0.25) is 4.98 Å². The minimum atomic E-state index is -0.261. The fraction of sp³-hybridized carbons (Fsp3) is 0.455. The highest BCUT2D eigenvalue weighted by Gasteiger charge is 2.29. The molecule has 0 spiro atoms. The monoisotopic (exact) mass is 221 g/mol. The van der Waals surface area contributed by atoms with E-state index >= 15 is 0 Å². The van der Waals surface area contributed by atoms with Gasteiger partial charge in [-0.2, -0.15) is 0 Å². The molecule has 1 saturated heterocycles. The van der Waals surface area contributed by atoms with Crippen molar-refractivity contribution in [1.29, 1.82) is 0 Å². The zero-order chi connectivity index (χ0) is 11.4. The van der Waals surface area contributed by atoms with Crippen molar-refractivity contribution in [2.75, 3.05) is 31.6 Å². The van der Waals surface area contributed by atoms with Gasteiger partial charge >= 0.3 is 5.97 Å². The molecule has 1 aliphatic rings. The van der Waals surface area contributed by atoms with Gasteiger partial charge in [-0.25, -0.2) is 4.79 Å². The van der Waals surface area contributed by atoms with Crippen LogP contribution in [0.1, 0.15) is 0 Å². The van der Waals surface area contributed by atoms with Crippen LogP contribution < -0.4 is 10.2 Å². The third-order valence-electron chi connectivity index (χ3n) is 2.69. The number of methoxy groups -OCH3 is 1. The number of rotatable bonds is 2. The summed E-state index contributed by atoms with van der Waals surface area (Å²) in [4.78, 5) is 17.7. The second-order valence-corrected chi connectivity index (χ2v) is 3.65. The Kier molecular flexibility index (Phi) is 3.36. The summed E-state index contributed by atoms with van der Waals surface area (Å²) in [5.74, 6) is -0.212. The summed E-state index contributed by atoms with van der Waals surface area (Å²) in [6.07, 6.45) is 3.49. The molecule has 1 fully saturated rings. The number of carbonyl (C=O) groups is 1. The number of ether oxygens (including phenoxy) is 1. The van der Waals surface area contributed by atoms with E-state index in [4.69, 9.17) is 4.74 Å². The number of hydrogen-bond acceptors (Lipinski definition) is 5. The number of aromatic nitrogens is 1. The fourth-order valence-corrected chi connectivity index (χ4v) is 1.88. The Morgan fingerprint density at radius 2 is 2.56 bits per heavy atom. The van der Waals surface area contributed by atoms with Crippen LogP contribution in [-0.2, 0) is 9.53 Å². The van der Waals surface area contributed by atoms with Gasteiger partial charge in [-0.05, 0) is 12.1 Å². The molecular formula is C11H15N3O2. The smallest absolute Gasteiger partial charge is 0.329 e. The summed E-state index contributed by atoms with van der Waals surface area (Å²) in [5, 5.41) is 3.19. The van der Waals surface area contributed by atoms with E-state index in [1.165, 1.54) is 7.11 Å². The SMILES string of the molecule is COC(=O)C1CNCCN1c1cccnc1. The highest BCUT2D eigenvalue weighted by Crippen LogP contribution is 2.17. The van der Waals surface area contributed by atoms with E-state index in [2.05, 4.69) is 10.3 Å². The molecule has 0 aliphatic carbocycles. The van der Waals surface area contributed by atoms with Crippen LogP contribution >= 0.6 is 0 Å². The lowest BCUT2D eigenvalue weighted by Gasteiger charge is -2.35. The van der Waals surface area contributed by atoms with Crippen molar-refractivity contribution in [3.63, 3.8) is 0 Å². The zero-order valence-electron chi connectivity index (χ0n) is 9.22. The summed E-state index contributed by atoms with van der Waals surface area (Å²) in [7, 11) is 1.42. The molecule has 5 nitrogen and oxygen atoms in total. The number of nitrogens with zero attached hydrogens (tertiary/aromatic N) is 2. The molecule has 2 heterocycles. The van der Waals surface area contributed by atoms with Gasteiger partial charge in [-0.1, -0.05) is 0 Å². The first-order valence-electron chi connectivity index (χ1n) is 5.28. The number of piperazine rings is 1. The second kappa shape index (κ2) is 4.94. The predicted octanol–water partition coefficient (Wildman–Crippen LogP) is 0.0328. The van der Waals surface area contributed by atoms with Crippen LogP contribution in [0.25, 0.3) is 0 Å². The molecule has 0 amide bonds. The number of pyridine rings is 1. The number of esters is 1. The van der Waals surface area contributed by atoms with Crippen LogP contribution in [0, 0.1) is 0 Å². The van der Waals surface area contributed by atoms with Crippen LogP contribution in [0.3, 0.4) is 0 Å². The van der Waals surface area contributed by atoms with E-state index in [1.807, 2.05) is 17.0 Å². The van der Waals surface area contributed by atoms with Crippen molar-refractivity contribution >= 4 is 11.7 Å². The minimum Gasteiger partial charge on any atom is -0.467 e. The molecule has 86 valence electrons. The molecule has 0 saturated carbocycles. The van der Waals surface area contributed by atoms with Crippen LogP contribution in [0.4, 0.5) is 5.69 Å². The lowest BCUT2D eigenvalue weighted by Crippen LogP contribution is -2.55. The van der Waals surface area contributed by atoms with Crippen molar-refractivity contribution in [3.8, 4) is 0 Å². The molecule has 2 rings (SSSR count). The van der Waals surface area contributed by atoms with Gasteiger partial charge < -0.3 is 15.0 Å². The predicted molar refractivity (Wildman–Crippen MR) is 60.3 cm³/mol. The van der Waals surface area contributed by atoms with Gasteiger partial charge in [0.15, 0.2) is 0 Å². The van der Waals surface area contributed by atoms with Crippen LogP contribution in [0.5, 0.6) is 0 Å². The highest BCUT2D eigenvalue weighted by atomic mass is 16.5. The lowest BCUT2D eigenvalue weighted by atomic mass is 10.1. The van der Waals surface area contributed by atoms with Gasteiger partial charge in [0.05, 0.1) is 19.0 Å². The largest absolute Gasteiger partial charge is 0.467 e. The van der Waals surface area contributed by atoms with Crippen molar-refractivity contribution in [2.24, 2.45) is 0 Å². The number of nitrogens with one attached hydrogen (secondary N) is 1. The van der Waals surface area contributed by atoms with E-state index in [0.717, 1.165) is 18.8 Å². The van der Waals surface area contributed by atoms with Crippen molar-refractivity contribution in [1.82, 2.24) is 10.3 Å². The summed E-state index contributed by atoms with van der Waals surface area (Å²) in [6.45, 7) is 2.26. The second-order valence-electron chi connectivity index (χ2n) is 3.65. The Labute approximate surface area is 94.4 Å². The average molecular weight is 221 g/mol. The van der Waals surface area contributed by atoms with Gasteiger partial charge in [0, 0.05) is 25.8 Å². The van der Waals surface area contributed by atoms with Crippen molar-refractivity contribution in [3.05, 3.63) is 24.5 Å². The molecule has 1 aliphatic heterocycles. The van der Waals surface area contributed by atoms with Gasteiger partial charge in [0.1, 0.15) is 6.04 Å². The minimum absolute atomic E-state index is 0.212. The fourth-order valence-electron chi connectivity index (χ4n) is 1.88. The first kappa shape index (κ1) is 10.9. The van der Waals surface area contributed by atoms with Gasteiger partial charge in [0.25, 0.3) is 0 Å². The summed E-state index contributed by atoms with van der Waals surface area (Å²) in [6, 6.07) is 3.56. The third-order valence-corrected chi connectivity index (χ3v) is 2.69. The zero-order valence-corrected chi connectivity index (χ0v) is 9.22. The van der Waals surface area contributed by atoms with E-state index in [-0.39, 0.29) is 12.0 Å². The van der Waals surface area contributed by atoms with Gasteiger partial charge in [-0.15, -0.1) is 0 Å². The quantitative estimate of drug-likeness (QED) is 0.714. The van der Waals surface area contributed by atoms with Crippen LogP contribution in [0.15, 0.2) is 24.5 Å². The highest BCUT2D eigenvalue weighted by molar-refractivity contribution is 5.80. The molecule has 1 aromatic rings. The van der Waals surface area contributed by atoms with Crippen LogP contribution in [-0.4, -0.2) is 43.7 Å². The van der Waals surface area contributed by atoms with Crippen molar-refractivity contribution in [2.45, 2.75) is 6.04 Å².